The summed E-state index contributed by atoms with van der Waals surface area (Å²) < 4.78 is 12.7. The van der Waals surface area contributed by atoms with Crippen LogP contribution in [0.25, 0.3) is 10.6 Å². The Morgan fingerprint density at radius 1 is 0.571 bits per heavy atom. The number of thiophene rings is 1. The predicted molar refractivity (Wildman–Crippen MR) is 162 cm³/mol. The Bertz CT molecular complexity index is 739. The summed E-state index contributed by atoms with van der Waals surface area (Å²) in [6.07, 6.45) is 23.5. The van der Waals surface area contributed by atoms with E-state index in [0.717, 1.165) is 5.76 Å². The van der Waals surface area contributed by atoms with Crippen LogP contribution in [0.4, 0.5) is 0 Å². The van der Waals surface area contributed by atoms with Crippen LogP contribution in [-0.2, 0) is 6.42 Å². The minimum atomic E-state index is -2.46. The Hall–Kier alpha value is -0.221. The summed E-state index contributed by atoms with van der Waals surface area (Å²) in [5.74, 6) is 1.14. The molecule has 0 radical (unpaired) electrons. The van der Waals surface area contributed by atoms with Crippen molar-refractivity contribution in [2.75, 3.05) is 0 Å². The molecule has 35 heavy (non-hydrogen) atoms. The van der Waals surface area contributed by atoms with Gasteiger partial charge < -0.3 is 0 Å². The van der Waals surface area contributed by atoms with Gasteiger partial charge in [-0.15, -0.1) is 0 Å². The van der Waals surface area contributed by atoms with E-state index in [0.29, 0.717) is 0 Å². The van der Waals surface area contributed by atoms with Crippen molar-refractivity contribution in [2.45, 2.75) is 150 Å². The van der Waals surface area contributed by atoms with Gasteiger partial charge >= 0.3 is 189 Å². The van der Waals surface area contributed by atoms with Gasteiger partial charge in [0.2, 0.25) is 0 Å². The van der Waals surface area contributed by atoms with Gasteiger partial charge in [0.1, 0.15) is 0 Å². The zero-order valence-electron chi connectivity index (χ0n) is 23.8. The van der Waals surface area contributed by atoms with E-state index in [9.17, 15) is 0 Å². The standard InChI is InChI=1S/C20H29OS.3C4H9.Sn/c1-2-3-4-5-6-7-8-9-10-11-13-18-15-16-20(22-18)19-14-12-17-21-19;3*1-3-4-2;/h12,14-16H,2-11,13H2,1H3;3*1,3-4H2,2H3;. The Labute approximate surface area is 226 Å². The van der Waals surface area contributed by atoms with Crippen LogP contribution in [-0.4, -0.2) is 18.4 Å². The molecular formula is C32H56OSSn. The number of furan rings is 1. The van der Waals surface area contributed by atoms with Crippen LogP contribution in [0.1, 0.15) is 135 Å². The van der Waals surface area contributed by atoms with Crippen LogP contribution in [0.2, 0.25) is 13.3 Å². The van der Waals surface area contributed by atoms with Crippen molar-refractivity contribution in [3.05, 3.63) is 29.1 Å². The Balaban J connectivity index is 1.88. The van der Waals surface area contributed by atoms with Gasteiger partial charge in [-0.25, -0.2) is 0 Å². The maximum absolute atomic E-state index is 6.75. The van der Waals surface area contributed by atoms with Crippen molar-refractivity contribution >= 4 is 33.5 Å². The third-order valence-corrected chi connectivity index (χ3v) is 24.0. The molecule has 200 valence electrons. The zero-order valence-corrected chi connectivity index (χ0v) is 27.4. The molecule has 0 N–H and O–H groups in total. The third kappa shape index (κ3) is 11.4. The molecule has 0 spiro atoms. The predicted octanol–water partition coefficient (Wildman–Crippen LogP) is 11.5. The fraction of sp³-hybridized carbons (Fsp3) is 0.750. The number of hydrogen-bond donors (Lipinski definition) is 0. The summed E-state index contributed by atoms with van der Waals surface area (Å²) in [5.41, 5.74) is 0. The minimum absolute atomic E-state index is 1.14. The van der Waals surface area contributed by atoms with Crippen LogP contribution in [0.5, 0.6) is 0 Å². The Morgan fingerprint density at radius 3 is 1.63 bits per heavy atom. The summed E-state index contributed by atoms with van der Waals surface area (Å²) in [7, 11) is 0. The molecule has 0 aliphatic carbocycles. The SMILES string of the molecule is CCCCCCCCCCCCc1ccc(-c2cc[c]([Sn]([CH2]CCC)([CH2]CCC)[CH2]CCC)o2)s1. The van der Waals surface area contributed by atoms with Gasteiger partial charge in [-0.1, -0.05) is 39.0 Å². The number of rotatable bonds is 22. The first-order chi connectivity index (χ1) is 17.2. The van der Waals surface area contributed by atoms with Crippen molar-refractivity contribution in [1.29, 1.82) is 0 Å². The maximum atomic E-state index is 6.75. The zero-order chi connectivity index (χ0) is 25.2. The fourth-order valence-electron chi connectivity index (χ4n) is 5.48. The molecule has 0 aliphatic rings. The van der Waals surface area contributed by atoms with Gasteiger partial charge in [-0.3, -0.25) is 0 Å². The van der Waals surface area contributed by atoms with Gasteiger partial charge in [-0.2, -0.15) is 0 Å². The quantitative estimate of drug-likeness (QED) is 0.0959. The summed E-state index contributed by atoms with van der Waals surface area (Å²) in [6.45, 7) is 9.36. The fourth-order valence-corrected chi connectivity index (χ4v) is 21.7. The third-order valence-electron chi connectivity index (χ3n) is 7.84. The van der Waals surface area contributed by atoms with E-state index in [-0.39, 0.29) is 0 Å². The van der Waals surface area contributed by atoms with E-state index in [1.54, 1.807) is 0 Å². The first-order valence-corrected chi connectivity index (χ1v) is 23.7. The molecule has 2 aromatic heterocycles. The van der Waals surface area contributed by atoms with E-state index in [1.807, 2.05) is 11.3 Å². The summed E-state index contributed by atoms with van der Waals surface area (Å²) in [6, 6.07) is 9.40. The number of unbranched alkanes of at least 4 members (excludes halogenated alkanes) is 12. The topological polar surface area (TPSA) is 13.1 Å². The van der Waals surface area contributed by atoms with Crippen LogP contribution in [0.3, 0.4) is 0 Å². The molecule has 1 nitrogen and oxygen atoms in total. The summed E-state index contributed by atoms with van der Waals surface area (Å²) >= 11 is -0.488. The van der Waals surface area contributed by atoms with Crippen LogP contribution >= 0.6 is 11.3 Å². The molecule has 0 aliphatic heterocycles. The summed E-state index contributed by atoms with van der Waals surface area (Å²) in [5, 5.41) is 0. The van der Waals surface area contributed by atoms with Gasteiger partial charge in [0.15, 0.2) is 0 Å². The van der Waals surface area contributed by atoms with Gasteiger partial charge in [0, 0.05) is 0 Å². The average Bonchev–Trinajstić information content (AvgIpc) is 3.55. The molecule has 2 heterocycles. The van der Waals surface area contributed by atoms with Crippen LogP contribution in [0, 0.1) is 0 Å². The summed E-state index contributed by atoms with van der Waals surface area (Å²) in [4.78, 5) is 2.88. The van der Waals surface area contributed by atoms with E-state index < -0.39 is 18.4 Å². The molecule has 0 atom stereocenters. The van der Waals surface area contributed by atoms with E-state index in [4.69, 9.17) is 4.42 Å². The second-order valence-corrected chi connectivity index (χ2v) is 25.1. The van der Waals surface area contributed by atoms with Crippen molar-refractivity contribution in [3.63, 3.8) is 0 Å². The monoisotopic (exact) mass is 608 g/mol. The Morgan fingerprint density at radius 2 is 1.09 bits per heavy atom. The molecule has 0 aromatic carbocycles. The molecule has 3 heteroatoms. The number of aryl methyl sites for hydroxylation is 1. The molecule has 2 rings (SSSR count). The molecule has 0 unspecified atom stereocenters. The second kappa shape index (κ2) is 18.9. The van der Waals surface area contributed by atoms with Crippen molar-refractivity contribution in [2.24, 2.45) is 0 Å². The second-order valence-electron chi connectivity index (χ2n) is 11.0. The van der Waals surface area contributed by atoms with Crippen molar-refractivity contribution in [3.8, 4) is 10.6 Å². The Kier molecular flexibility index (Phi) is 16.8. The van der Waals surface area contributed by atoms with Crippen LogP contribution in [0.15, 0.2) is 28.7 Å². The van der Waals surface area contributed by atoms with Gasteiger partial charge in [-0.05, 0) is 0 Å². The van der Waals surface area contributed by atoms with Gasteiger partial charge in [0.25, 0.3) is 0 Å². The molecule has 0 amide bonds. The number of hydrogen-bond acceptors (Lipinski definition) is 2. The average molecular weight is 608 g/mol. The van der Waals surface area contributed by atoms with Gasteiger partial charge in [0.05, 0.1) is 0 Å². The molecule has 0 bridgehead atoms. The van der Waals surface area contributed by atoms with Crippen molar-refractivity contribution in [1.82, 2.24) is 0 Å². The van der Waals surface area contributed by atoms with E-state index in [1.165, 1.54) is 136 Å². The molecular weight excluding hydrogens is 551 g/mol. The van der Waals surface area contributed by atoms with Crippen LogP contribution < -0.4 is 3.78 Å². The first kappa shape index (κ1) is 31.0. The van der Waals surface area contributed by atoms with E-state index in [2.05, 4.69) is 52.0 Å². The first-order valence-electron chi connectivity index (χ1n) is 15.4. The molecule has 2 aromatic rings. The molecule has 0 saturated carbocycles. The normalized spacial score (nSPS) is 12.0. The van der Waals surface area contributed by atoms with Crippen molar-refractivity contribution < 1.29 is 4.42 Å². The van der Waals surface area contributed by atoms with E-state index >= 15 is 0 Å². The molecule has 0 saturated heterocycles. The molecule has 0 fully saturated rings.